The number of rotatable bonds is 3. The maximum absolute atomic E-state index is 4.89. The summed E-state index contributed by atoms with van der Waals surface area (Å²) < 4.78 is 2.37. The van der Waals surface area contributed by atoms with Crippen molar-refractivity contribution in [2.45, 2.75) is 38.3 Å². The number of aromatic nitrogens is 3. The van der Waals surface area contributed by atoms with Crippen LogP contribution in [0.25, 0.3) is 11.2 Å². The van der Waals surface area contributed by atoms with Gasteiger partial charge in [0.25, 0.3) is 0 Å². The molecular formula is C16H23N5. The third-order valence-electron chi connectivity index (χ3n) is 4.80. The second-order valence-corrected chi connectivity index (χ2v) is 6.25. The highest BCUT2D eigenvalue weighted by Gasteiger charge is 2.24. The standard InChI is InChI=1S/C16H23N5/c1-3-13-16(19-8-1)21(14-4-2-7-18-14)15(20-13)11-12-5-9-17-10-6-12/h1,3,8,12,14,17-18H,2,4-7,9-11H2. The molecule has 0 bridgehead atoms. The summed E-state index contributed by atoms with van der Waals surface area (Å²) in [5.41, 5.74) is 2.08. The summed E-state index contributed by atoms with van der Waals surface area (Å²) in [6, 6.07) is 4.07. The first-order chi connectivity index (χ1) is 10.4. The van der Waals surface area contributed by atoms with E-state index in [1.165, 1.54) is 31.5 Å². The van der Waals surface area contributed by atoms with Crippen molar-refractivity contribution in [2.24, 2.45) is 5.92 Å². The third-order valence-corrected chi connectivity index (χ3v) is 4.80. The van der Waals surface area contributed by atoms with Crippen LogP contribution < -0.4 is 10.6 Å². The lowest BCUT2D eigenvalue weighted by atomic mass is 9.94. The van der Waals surface area contributed by atoms with Gasteiger partial charge in [-0.2, -0.15) is 0 Å². The second kappa shape index (κ2) is 5.73. The van der Waals surface area contributed by atoms with Gasteiger partial charge in [0.15, 0.2) is 5.65 Å². The number of piperidine rings is 1. The molecule has 21 heavy (non-hydrogen) atoms. The summed E-state index contributed by atoms with van der Waals surface area (Å²) in [6.45, 7) is 3.39. The zero-order valence-corrected chi connectivity index (χ0v) is 12.4. The molecular weight excluding hydrogens is 262 g/mol. The van der Waals surface area contributed by atoms with E-state index in [1.807, 2.05) is 12.3 Å². The summed E-state index contributed by atoms with van der Waals surface area (Å²) in [6.07, 6.45) is 8.27. The van der Waals surface area contributed by atoms with Gasteiger partial charge in [-0.05, 0) is 63.4 Å². The molecule has 4 heterocycles. The van der Waals surface area contributed by atoms with Crippen LogP contribution in [0.1, 0.15) is 37.7 Å². The van der Waals surface area contributed by atoms with Gasteiger partial charge in [0, 0.05) is 12.6 Å². The molecule has 0 amide bonds. The van der Waals surface area contributed by atoms with Crippen molar-refractivity contribution in [3.05, 3.63) is 24.2 Å². The Labute approximate surface area is 125 Å². The van der Waals surface area contributed by atoms with Gasteiger partial charge in [-0.25, -0.2) is 9.97 Å². The smallest absolute Gasteiger partial charge is 0.161 e. The Morgan fingerprint density at radius 2 is 2.10 bits per heavy atom. The van der Waals surface area contributed by atoms with E-state index in [0.29, 0.717) is 6.17 Å². The van der Waals surface area contributed by atoms with Gasteiger partial charge in [-0.3, -0.25) is 9.88 Å². The molecule has 2 aliphatic heterocycles. The lowest BCUT2D eigenvalue weighted by molar-refractivity contribution is 0.355. The largest absolute Gasteiger partial charge is 0.317 e. The van der Waals surface area contributed by atoms with Crippen molar-refractivity contribution >= 4 is 11.2 Å². The molecule has 0 radical (unpaired) electrons. The number of fused-ring (bicyclic) bond motifs is 1. The molecule has 1 unspecified atom stereocenters. The molecule has 2 aromatic rings. The highest BCUT2D eigenvalue weighted by molar-refractivity contribution is 5.71. The normalized spacial score (nSPS) is 23.9. The SMILES string of the molecule is c1cnc2c(c1)nc(CC1CCNCC1)n2C1CCCN1. The van der Waals surface area contributed by atoms with Gasteiger partial charge >= 0.3 is 0 Å². The first-order valence-electron chi connectivity index (χ1n) is 8.18. The average Bonchev–Trinajstić information content (AvgIpc) is 3.14. The van der Waals surface area contributed by atoms with E-state index in [1.54, 1.807) is 0 Å². The van der Waals surface area contributed by atoms with E-state index < -0.39 is 0 Å². The van der Waals surface area contributed by atoms with Crippen LogP contribution in [0.4, 0.5) is 0 Å². The zero-order valence-electron chi connectivity index (χ0n) is 12.4. The van der Waals surface area contributed by atoms with Crippen LogP contribution in [0.2, 0.25) is 0 Å². The topological polar surface area (TPSA) is 54.8 Å². The van der Waals surface area contributed by atoms with Gasteiger partial charge in [0.2, 0.25) is 0 Å². The first kappa shape index (κ1) is 13.2. The number of hydrogen-bond donors (Lipinski definition) is 2. The molecule has 1 atom stereocenters. The summed E-state index contributed by atoms with van der Waals surface area (Å²) in [5.74, 6) is 1.97. The van der Waals surface area contributed by atoms with Crippen molar-refractivity contribution < 1.29 is 0 Å². The van der Waals surface area contributed by atoms with Crippen LogP contribution in [0.15, 0.2) is 18.3 Å². The van der Waals surface area contributed by atoms with Gasteiger partial charge in [-0.1, -0.05) is 0 Å². The van der Waals surface area contributed by atoms with Crippen LogP contribution >= 0.6 is 0 Å². The van der Waals surface area contributed by atoms with Crippen LogP contribution in [-0.2, 0) is 6.42 Å². The van der Waals surface area contributed by atoms with Crippen molar-refractivity contribution in [3.63, 3.8) is 0 Å². The molecule has 0 spiro atoms. The Kier molecular flexibility index (Phi) is 3.61. The minimum Gasteiger partial charge on any atom is -0.317 e. The van der Waals surface area contributed by atoms with Crippen LogP contribution in [-0.4, -0.2) is 34.2 Å². The fourth-order valence-electron chi connectivity index (χ4n) is 3.68. The number of nitrogens with zero attached hydrogens (tertiary/aromatic N) is 3. The van der Waals surface area contributed by atoms with E-state index in [4.69, 9.17) is 4.98 Å². The Morgan fingerprint density at radius 3 is 2.90 bits per heavy atom. The summed E-state index contributed by atoms with van der Waals surface area (Å²) in [5, 5.41) is 7.04. The second-order valence-electron chi connectivity index (χ2n) is 6.25. The van der Waals surface area contributed by atoms with Gasteiger partial charge < -0.3 is 5.32 Å². The number of hydrogen-bond acceptors (Lipinski definition) is 4. The van der Waals surface area contributed by atoms with Gasteiger partial charge in [0.05, 0.1) is 6.17 Å². The molecule has 5 nitrogen and oxygen atoms in total. The van der Waals surface area contributed by atoms with Crippen molar-refractivity contribution in [1.29, 1.82) is 0 Å². The predicted octanol–water partition coefficient (Wildman–Crippen LogP) is 1.86. The van der Waals surface area contributed by atoms with E-state index in [0.717, 1.165) is 43.1 Å². The molecule has 0 aliphatic carbocycles. The van der Waals surface area contributed by atoms with Gasteiger partial charge in [0.1, 0.15) is 11.3 Å². The molecule has 4 rings (SSSR count). The average molecular weight is 285 g/mol. The Balaban J connectivity index is 1.70. The molecule has 0 saturated carbocycles. The summed E-state index contributed by atoms with van der Waals surface area (Å²) in [7, 11) is 0. The fourth-order valence-corrected chi connectivity index (χ4v) is 3.68. The number of nitrogens with one attached hydrogen (secondary N) is 2. The molecule has 2 fully saturated rings. The molecule has 112 valence electrons. The molecule has 2 N–H and O–H groups in total. The maximum Gasteiger partial charge on any atom is 0.161 e. The highest BCUT2D eigenvalue weighted by Crippen LogP contribution is 2.27. The quantitative estimate of drug-likeness (QED) is 0.904. The molecule has 0 aromatic carbocycles. The Hall–Kier alpha value is -1.46. The Bertz CT molecular complexity index is 608. The van der Waals surface area contributed by atoms with Crippen molar-refractivity contribution in [1.82, 2.24) is 25.2 Å². The maximum atomic E-state index is 4.89. The van der Waals surface area contributed by atoms with Crippen LogP contribution in [0, 0.1) is 5.92 Å². The first-order valence-corrected chi connectivity index (χ1v) is 8.18. The van der Waals surface area contributed by atoms with Crippen molar-refractivity contribution in [3.8, 4) is 0 Å². The lowest BCUT2D eigenvalue weighted by Gasteiger charge is -2.23. The zero-order chi connectivity index (χ0) is 14.1. The molecule has 5 heteroatoms. The van der Waals surface area contributed by atoms with Crippen LogP contribution in [0.5, 0.6) is 0 Å². The van der Waals surface area contributed by atoms with E-state index in [2.05, 4.69) is 26.3 Å². The molecule has 2 aromatic heterocycles. The van der Waals surface area contributed by atoms with Crippen LogP contribution in [0.3, 0.4) is 0 Å². The number of pyridine rings is 1. The lowest BCUT2D eigenvalue weighted by Crippen LogP contribution is -2.30. The van der Waals surface area contributed by atoms with Crippen molar-refractivity contribution in [2.75, 3.05) is 19.6 Å². The molecule has 2 aliphatic rings. The monoisotopic (exact) mass is 285 g/mol. The highest BCUT2D eigenvalue weighted by atomic mass is 15.3. The predicted molar refractivity (Wildman–Crippen MR) is 83.1 cm³/mol. The van der Waals surface area contributed by atoms with Gasteiger partial charge in [-0.15, -0.1) is 0 Å². The summed E-state index contributed by atoms with van der Waals surface area (Å²) >= 11 is 0. The van der Waals surface area contributed by atoms with E-state index in [-0.39, 0.29) is 0 Å². The van der Waals surface area contributed by atoms with E-state index >= 15 is 0 Å². The third kappa shape index (κ3) is 2.56. The fraction of sp³-hybridized carbons (Fsp3) is 0.625. The minimum atomic E-state index is 0.376. The minimum absolute atomic E-state index is 0.376. The van der Waals surface area contributed by atoms with E-state index in [9.17, 15) is 0 Å². The summed E-state index contributed by atoms with van der Waals surface area (Å²) in [4.78, 5) is 9.48. The Morgan fingerprint density at radius 1 is 1.19 bits per heavy atom. The number of imidazole rings is 1. The molecule has 2 saturated heterocycles.